The predicted octanol–water partition coefficient (Wildman–Crippen LogP) is 4.79. The summed E-state index contributed by atoms with van der Waals surface area (Å²) < 4.78 is 20.5. The van der Waals surface area contributed by atoms with Crippen molar-refractivity contribution in [3.8, 4) is 11.6 Å². The summed E-state index contributed by atoms with van der Waals surface area (Å²) in [6.07, 6.45) is 5.20. The standard InChI is InChI=1S/C35H55FN8O3/c1-10-44(25(4)5)34(46)28-19-27(36)13-14-30(28)47-33-32(37-23-38-39-33)42-17-15-35(20-42)21-43(22-35)29(24(2)3)12-11-16-41(9)26(6)18-31(45)40(7)8/h13-14,19,23-26,29H,10-12,15-18,20-22H2,1-9H3/t26-,29+/m0/s1. The minimum atomic E-state index is -0.508. The molecule has 0 aliphatic carbocycles. The fourth-order valence-electron chi connectivity index (χ4n) is 7.02. The monoisotopic (exact) mass is 654 g/mol. The van der Waals surface area contributed by atoms with Crippen LogP contribution >= 0.6 is 0 Å². The lowest BCUT2D eigenvalue weighted by molar-refractivity contribution is -0.129. The zero-order valence-electron chi connectivity index (χ0n) is 29.9. The van der Waals surface area contributed by atoms with E-state index < -0.39 is 5.82 Å². The van der Waals surface area contributed by atoms with Gasteiger partial charge in [-0.2, -0.15) is 0 Å². The van der Waals surface area contributed by atoms with Gasteiger partial charge in [-0.1, -0.05) is 13.8 Å². The Labute approximate surface area is 280 Å². The number of rotatable bonds is 15. The van der Waals surface area contributed by atoms with Gasteiger partial charge in [0.1, 0.15) is 17.9 Å². The molecule has 0 unspecified atom stereocenters. The zero-order chi connectivity index (χ0) is 34.5. The Morgan fingerprint density at radius 2 is 1.81 bits per heavy atom. The molecular formula is C35H55FN8O3. The first-order valence-corrected chi connectivity index (χ1v) is 17.1. The highest BCUT2D eigenvalue weighted by molar-refractivity contribution is 5.97. The van der Waals surface area contributed by atoms with Gasteiger partial charge in [0.05, 0.1) is 5.56 Å². The molecule has 2 amide bonds. The van der Waals surface area contributed by atoms with Gasteiger partial charge in [0.25, 0.3) is 11.8 Å². The van der Waals surface area contributed by atoms with Crippen LogP contribution in [0.1, 0.15) is 77.6 Å². The molecule has 1 spiro atoms. The molecule has 47 heavy (non-hydrogen) atoms. The number of nitrogens with zero attached hydrogens (tertiary/aromatic N) is 8. The number of anilines is 1. The van der Waals surface area contributed by atoms with E-state index in [2.05, 4.69) is 57.7 Å². The minimum absolute atomic E-state index is 0.0504. The van der Waals surface area contributed by atoms with Crippen molar-refractivity contribution in [2.24, 2.45) is 11.3 Å². The van der Waals surface area contributed by atoms with E-state index in [0.29, 0.717) is 30.7 Å². The van der Waals surface area contributed by atoms with Crippen LogP contribution in [0.2, 0.25) is 0 Å². The number of carbonyl (C=O) groups excluding carboxylic acids is 2. The second-order valence-electron chi connectivity index (χ2n) is 14.4. The van der Waals surface area contributed by atoms with Crippen LogP contribution in [0.5, 0.6) is 11.6 Å². The molecule has 2 atom stereocenters. The quantitative estimate of drug-likeness (QED) is 0.269. The van der Waals surface area contributed by atoms with Crippen molar-refractivity contribution in [3.05, 3.63) is 35.9 Å². The number of halogens is 1. The predicted molar refractivity (Wildman–Crippen MR) is 182 cm³/mol. The van der Waals surface area contributed by atoms with E-state index >= 15 is 0 Å². The number of ether oxygens (including phenoxy) is 1. The Morgan fingerprint density at radius 1 is 1.09 bits per heavy atom. The van der Waals surface area contributed by atoms with Gasteiger partial charge in [-0.25, -0.2) is 9.37 Å². The summed E-state index contributed by atoms with van der Waals surface area (Å²) in [5.41, 5.74) is 0.315. The van der Waals surface area contributed by atoms with E-state index in [-0.39, 0.29) is 46.5 Å². The van der Waals surface area contributed by atoms with Gasteiger partial charge in [-0.3, -0.25) is 14.5 Å². The van der Waals surface area contributed by atoms with Crippen LogP contribution < -0.4 is 9.64 Å². The summed E-state index contributed by atoms with van der Waals surface area (Å²) in [6.45, 7) is 17.7. The number of carbonyl (C=O) groups is 2. The molecule has 4 rings (SSSR count). The molecule has 2 fully saturated rings. The lowest BCUT2D eigenvalue weighted by Crippen LogP contribution is -2.62. The molecule has 0 bridgehead atoms. The minimum Gasteiger partial charge on any atom is -0.434 e. The molecule has 0 saturated carbocycles. The third kappa shape index (κ3) is 8.76. The SMILES string of the molecule is CCN(C(=O)c1cc(F)ccc1Oc1nncnc1N1CCC2(C1)CN([C@H](CCCN(C)[C@@H](C)CC(=O)N(C)C)C(C)C)C2)C(C)C. The lowest BCUT2D eigenvalue weighted by Gasteiger charge is -2.53. The highest BCUT2D eigenvalue weighted by Crippen LogP contribution is 2.44. The number of hydrogen-bond donors (Lipinski definition) is 0. The summed E-state index contributed by atoms with van der Waals surface area (Å²) in [5.74, 6) is 0.918. The molecule has 2 saturated heterocycles. The highest BCUT2D eigenvalue weighted by Gasteiger charge is 2.50. The van der Waals surface area contributed by atoms with E-state index in [4.69, 9.17) is 4.74 Å². The van der Waals surface area contributed by atoms with Crippen molar-refractivity contribution >= 4 is 17.6 Å². The molecule has 260 valence electrons. The average Bonchev–Trinajstić information content (AvgIpc) is 3.45. The number of benzene rings is 1. The summed E-state index contributed by atoms with van der Waals surface area (Å²) in [6, 6.07) is 4.64. The van der Waals surface area contributed by atoms with Crippen LogP contribution in [0.25, 0.3) is 0 Å². The Hall–Kier alpha value is -3.38. The molecule has 3 heterocycles. The molecule has 11 nitrogen and oxygen atoms in total. The van der Waals surface area contributed by atoms with Crippen molar-refractivity contribution < 1.29 is 18.7 Å². The third-order valence-electron chi connectivity index (χ3n) is 9.96. The van der Waals surface area contributed by atoms with Crippen molar-refractivity contribution in [3.63, 3.8) is 0 Å². The second kappa shape index (κ2) is 15.7. The van der Waals surface area contributed by atoms with Gasteiger partial charge >= 0.3 is 0 Å². The van der Waals surface area contributed by atoms with Crippen LogP contribution in [0.15, 0.2) is 24.5 Å². The van der Waals surface area contributed by atoms with Crippen molar-refractivity contribution in [2.45, 2.75) is 85.4 Å². The van der Waals surface area contributed by atoms with Gasteiger partial charge in [0.15, 0.2) is 5.82 Å². The van der Waals surface area contributed by atoms with E-state index in [9.17, 15) is 14.0 Å². The first kappa shape index (κ1) is 36.5. The molecular weight excluding hydrogens is 599 g/mol. The second-order valence-corrected chi connectivity index (χ2v) is 14.4. The average molecular weight is 655 g/mol. The summed E-state index contributed by atoms with van der Waals surface area (Å²) in [5, 5.41) is 8.22. The van der Waals surface area contributed by atoms with Crippen molar-refractivity contribution in [2.75, 3.05) is 65.3 Å². The third-order valence-corrected chi connectivity index (χ3v) is 9.96. The van der Waals surface area contributed by atoms with Crippen LogP contribution in [0.3, 0.4) is 0 Å². The maximum absolute atomic E-state index is 14.3. The summed E-state index contributed by atoms with van der Waals surface area (Å²) in [4.78, 5) is 40.5. The van der Waals surface area contributed by atoms with Gasteiger partial charge in [-0.05, 0) is 84.7 Å². The van der Waals surface area contributed by atoms with Gasteiger partial charge in [-0.15, -0.1) is 10.2 Å². The topological polar surface area (TPSA) is 98.2 Å². The fourth-order valence-corrected chi connectivity index (χ4v) is 7.02. The van der Waals surface area contributed by atoms with Gasteiger partial charge < -0.3 is 24.3 Å². The number of aromatic nitrogens is 3. The van der Waals surface area contributed by atoms with E-state index in [1.54, 1.807) is 9.80 Å². The van der Waals surface area contributed by atoms with Crippen molar-refractivity contribution in [1.82, 2.24) is 34.8 Å². The Kier molecular flexibility index (Phi) is 12.2. The molecule has 2 aliphatic heterocycles. The smallest absolute Gasteiger partial charge is 0.282 e. The lowest BCUT2D eigenvalue weighted by atomic mass is 9.76. The number of hydrogen-bond acceptors (Lipinski definition) is 9. The summed E-state index contributed by atoms with van der Waals surface area (Å²) in [7, 11) is 5.73. The Bertz CT molecular complexity index is 1370. The highest BCUT2D eigenvalue weighted by atomic mass is 19.1. The van der Waals surface area contributed by atoms with Gasteiger partial charge in [0.2, 0.25) is 5.91 Å². The normalized spacial score (nSPS) is 17.3. The zero-order valence-corrected chi connectivity index (χ0v) is 29.9. The number of likely N-dealkylation sites (tertiary alicyclic amines) is 1. The Morgan fingerprint density at radius 3 is 2.45 bits per heavy atom. The first-order chi connectivity index (χ1) is 22.2. The molecule has 2 aliphatic rings. The van der Waals surface area contributed by atoms with Crippen LogP contribution in [-0.2, 0) is 4.79 Å². The molecule has 1 aromatic heterocycles. The van der Waals surface area contributed by atoms with Crippen LogP contribution in [0.4, 0.5) is 10.2 Å². The molecule has 0 N–H and O–H groups in total. The molecule has 0 radical (unpaired) electrons. The Balaban J connectivity index is 1.38. The van der Waals surface area contributed by atoms with Crippen molar-refractivity contribution in [1.29, 1.82) is 0 Å². The van der Waals surface area contributed by atoms with E-state index in [1.165, 1.54) is 24.5 Å². The maximum Gasteiger partial charge on any atom is 0.282 e. The number of amides is 2. The van der Waals surface area contributed by atoms with E-state index in [1.807, 2.05) is 34.9 Å². The van der Waals surface area contributed by atoms with Gasteiger partial charge in [0, 0.05) is 76.8 Å². The van der Waals surface area contributed by atoms with Crippen LogP contribution in [-0.4, -0.2) is 125 Å². The first-order valence-electron chi connectivity index (χ1n) is 17.1. The largest absolute Gasteiger partial charge is 0.434 e. The molecule has 2 aromatic rings. The maximum atomic E-state index is 14.3. The molecule has 1 aromatic carbocycles. The fraction of sp³-hybridized carbons (Fsp3) is 0.686. The van der Waals surface area contributed by atoms with E-state index in [0.717, 1.165) is 52.0 Å². The molecule has 12 heteroatoms. The summed E-state index contributed by atoms with van der Waals surface area (Å²) >= 11 is 0. The van der Waals surface area contributed by atoms with Crippen LogP contribution in [0, 0.1) is 17.2 Å².